The van der Waals surface area contributed by atoms with E-state index in [9.17, 15) is 22.8 Å². The fourth-order valence-corrected chi connectivity index (χ4v) is 1.93. The summed E-state index contributed by atoms with van der Waals surface area (Å²) in [6, 6.07) is 14.3. The molecule has 1 N–H and O–H groups in total. The van der Waals surface area contributed by atoms with Crippen molar-refractivity contribution in [3.8, 4) is 0 Å². The zero-order valence-corrected chi connectivity index (χ0v) is 12.5. The van der Waals surface area contributed by atoms with Gasteiger partial charge in [0, 0.05) is 11.3 Å². The smallest absolute Gasteiger partial charge is 0.411 e. The highest BCUT2D eigenvalue weighted by molar-refractivity contribution is 5.98. The van der Waals surface area contributed by atoms with Crippen molar-refractivity contribution in [1.82, 2.24) is 0 Å². The van der Waals surface area contributed by atoms with Crippen LogP contribution < -0.4 is 5.32 Å². The highest BCUT2D eigenvalue weighted by atomic mass is 19.4. The molecular weight excluding hydrogens is 323 g/mol. The van der Waals surface area contributed by atoms with Crippen molar-refractivity contribution in [3.63, 3.8) is 0 Å². The first-order chi connectivity index (χ1) is 11.3. The molecule has 4 nitrogen and oxygen atoms in total. The molecule has 2 rings (SSSR count). The lowest BCUT2D eigenvalue weighted by Crippen LogP contribution is -2.16. The highest BCUT2D eigenvalue weighted by Gasteiger charge is 2.31. The summed E-state index contributed by atoms with van der Waals surface area (Å²) in [5.41, 5.74) is 0.844. The quantitative estimate of drug-likeness (QED) is 0.813. The third-order valence-electron chi connectivity index (χ3n) is 3.00. The molecule has 0 bridgehead atoms. The SMILES string of the molecule is O=C(Nc1cccc(C(=O)CC(F)(F)F)c1)OCc1ccccc1. The lowest BCUT2D eigenvalue weighted by molar-refractivity contribution is -0.125. The van der Waals surface area contributed by atoms with Gasteiger partial charge in [-0.3, -0.25) is 10.1 Å². The van der Waals surface area contributed by atoms with Gasteiger partial charge in [-0.1, -0.05) is 42.5 Å². The van der Waals surface area contributed by atoms with Crippen LogP contribution in [0.4, 0.5) is 23.7 Å². The second-order valence-electron chi connectivity index (χ2n) is 4.98. The first-order valence-corrected chi connectivity index (χ1v) is 7.01. The summed E-state index contributed by atoms with van der Waals surface area (Å²) >= 11 is 0. The number of hydrogen-bond acceptors (Lipinski definition) is 3. The molecule has 0 spiro atoms. The molecule has 0 unspecified atom stereocenters. The molecule has 0 atom stereocenters. The minimum absolute atomic E-state index is 0.0549. The van der Waals surface area contributed by atoms with Crippen LogP contribution in [0.2, 0.25) is 0 Å². The van der Waals surface area contributed by atoms with Crippen LogP contribution in [0.25, 0.3) is 0 Å². The van der Waals surface area contributed by atoms with Crippen molar-refractivity contribution in [2.24, 2.45) is 0 Å². The van der Waals surface area contributed by atoms with Gasteiger partial charge in [0.1, 0.15) is 13.0 Å². The van der Waals surface area contributed by atoms with Gasteiger partial charge in [-0.05, 0) is 17.7 Å². The van der Waals surface area contributed by atoms with E-state index in [1.54, 1.807) is 24.3 Å². The van der Waals surface area contributed by atoms with Crippen molar-refractivity contribution in [1.29, 1.82) is 0 Å². The number of halogens is 3. The van der Waals surface area contributed by atoms with E-state index in [1.807, 2.05) is 6.07 Å². The number of alkyl halides is 3. The van der Waals surface area contributed by atoms with E-state index >= 15 is 0 Å². The molecule has 0 aliphatic rings. The maximum Gasteiger partial charge on any atom is 0.411 e. The number of benzene rings is 2. The lowest BCUT2D eigenvalue weighted by Gasteiger charge is -2.09. The molecule has 0 heterocycles. The monoisotopic (exact) mass is 337 g/mol. The number of rotatable bonds is 5. The van der Waals surface area contributed by atoms with Crippen molar-refractivity contribution in [3.05, 3.63) is 65.7 Å². The van der Waals surface area contributed by atoms with Crippen molar-refractivity contribution in [2.75, 3.05) is 5.32 Å². The Hall–Kier alpha value is -2.83. The predicted octanol–water partition coefficient (Wildman–Crippen LogP) is 4.57. The molecule has 0 fully saturated rings. The molecule has 0 radical (unpaired) electrons. The van der Waals surface area contributed by atoms with Crippen LogP contribution in [0.5, 0.6) is 0 Å². The van der Waals surface area contributed by atoms with Crippen LogP contribution in [-0.2, 0) is 11.3 Å². The van der Waals surface area contributed by atoms with E-state index in [2.05, 4.69) is 5.32 Å². The van der Waals surface area contributed by atoms with Gasteiger partial charge in [-0.2, -0.15) is 13.2 Å². The number of nitrogens with one attached hydrogen (secondary N) is 1. The first-order valence-electron chi connectivity index (χ1n) is 7.01. The minimum Gasteiger partial charge on any atom is -0.444 e. The standard InChI is InChI=1S/C17H14F3NO3/c18-17(19,20)10-15(22)13-7-4-8-14(9-13)21-16(23)24-11-12-5-2-1-3-6-12/h1-9H,10-11H2,(H,21,23). The molecule has 7 heteroatoms. The Morgan fingerprint density at radius 1 is 1.00 bits per heavy atom. The van der Waals surface area contributed by atoms with Crippen molar-refractivity contribution < 1.29 is 27.5 Å². The molecule has 2 aromatic rings. The van der Waals surface area contributed by atoms with Gasteiger partial charge in [0.15, 0.2) is 5.78 Å². The molecule has 0 saturated carbocycles. The second kappa shape index (κ2) is 7.63. The van der Waals surface area contributed by atoms with Gasteiger partial charge in [0.2, 0.25) is 0 Å². The van der Waals surface area contributed by atoms with E-state index in [0.717, 1.165) is 5.56 Å². The summed E-state index contributed by atoms with van der Waals surface area (Å²) in [6.07, 6.45) is -6.89. The third-order valence-corrected chi connectivity index (χ3v) is 3.00. The summed E-state index contributed by atoms with van der Waals surface area (Å²) in [4.78, 5) is 23.2. The molecule has 2 aromatic carbocycles. The van der Waals surface area contributed by atoms with E-state index in [0.29, 0.717) is 0 Å². The molecular formula is C17H14F3NO3. The predicted molar refractivity (Wildman–Crippen MR) is 81.7 cm³/mol. The van der Waals surface area contributed by atoms with Crippen LogP contribution in [0, 0.1) is 0 Å². The van der Waals surface area contributed by atoms with Gasteiger partial charge < -0.3 is 4.74 Å². The number of anilines is 1. The molecule has 1 amide bonds. The number of ether oxygens (including phenoxy) is 1. The van der Waals surface area contributed by atoms with E-state index in [-0.39, 0.29) is 17.9 Å². The number of ketones is 1. The van der Waals surface area contributed by atoms with E-state index in [4.69, 9.17) is 4.74 Å². The van der Waals surface area contributed by atoms with Gasteiger partial charge in [0.05, 0.1) is 0 Å². The number of hydrogen-bond donors (Lipinski definition) is 1. The summed E-state index contributed by atoms with van der Waals surface area (Å²) in [6.45, 7) is 0.0549. The van der Waals surface area contributed by atoms with Crippen LogP contribution in [0.15, 0.2) is 54.6 Å². The number of carbonyl (C=O) groups is 2. The Bertz CT molecular complexity index is 715. The number of carbonyl (C=O) groups excluding carboxylic acids is 2. The van der Waals surface area contributed by atoms with Gasteiger partial charge >= 0.3 is 12.3 Å². The third kappa shape index (κ3) is 5.75. The Morgan fingerprint density at radius 2 is 1.71 bits per heavy atom. The highest BCUT2D eigenvalue weighted by Crippen LogP contribution is 2.23. The summed E-state index contributed by atoms with van der Waals surface area (Å²) in [5, 5.41) is 2.38. The fraction of sp³-hybridized carbons (Fsp3) is 0.176. The van der Waals surface area contributed by atoms with Crippen molar-refractivity contribution in [2.45, 2.75) is 19.2 Å². The Morgan fingerprint density at radius 3 is 2.38 bits per heavy atom. The van der Waals surface area contributed by atoms with Crippen LogP contribution >= 0.6 is 0 Å². The Balaban J connectivity index is 1.94. The zero-order valence-electron chi connectivity index (χ0n) is 12.5. The molecule has 0 aliphatic heterocycles. The van der Waals surface area contributed by atoms with Crippen LogP contribution in [0.1, 0.15) is 22.3 Å². The maximum atomic E-state index is 12.3. The largest absolute Gasteiger partial charge is 0.444 e. The normalized spacial score (nSPS) is 11.0. The second-order valence-corrected chi connectivity index (χ2v) is 4.98. The Kier molecular flexibility index (Phi) is 5.57. The molecule has 0 aromatic heterocycles. The van der Waals surface area contributed by atoms with Crippen LogP contribution in [0.3, 0.4) is 0 Å². The fourth-order valence-electron chi connectivity index (χ4n) is 1.93. The Labute approximate surface area is 136 Å². The van der Waals surface area contributed by atoms with Gasteiger partial charge in [0.25, 0.3) is 0 Å². The molecule has 0 aliphatic carbocycles. The zero-order chi connectivity index (χ0) is 17.6. The molecule has 24 heavy (non-hydrogen) atoms. The summed E-state index contributed by atoms with van der Waals surface area (Å²) in [5.74, 6) is -1.07. The van der Waals surface area contributed by atoms with Gasteiger partial charge in [-0.25, -0.2) is 4.79 Å². The van der Waals surface area contributed by atoms with Crippen LogP contribution in [-0.4, -0.2) is 18.1 Å². The maximum absolute atomic E-state index is 12.3. The van der Waals surface area contributed by atoms with E-state index in [1.165, 1.54) is 24.3 Å². The average molecular weight is 337 g/mol. The van der Waals surface area contributed by atoms with Crippen molar-refractivity contribution >= 4 is 17.6 Å². The first kappa shape index (κ1) is 17.5. The molecule has 126 valence electrons. The average Bonchev–Trinajstić information content (AvgIpc) is 2.52. The van der Waals surface area contributed by atoms with E-state index < -0.39 is 24.5 Å². The minimum atomic E-state index is -4.57. The lowest BCUT2D eigenvalue weighted by atomic mass is 10.1. The van der Waals surface area contributed by atoms with Gasteiger partial charge in [-0.15, -0.1) is 0 Å². The number of amides is 1. The summed E-state index contributed by atoms with van der Waals surface area (Å²) in [7, 11) is 0. The number of Topliss-reactive ketones (excluding diaryl/α,β-unsaturated/α-hetero) is 1. The molecule has 0 saturated heterocycles. The topological polar surface area (TPSA) is 55.4 Å². The summed E-state index contributed by atoms with van der Waals surface area (Å²) < 4.78 is 41.8.